The van der Waals surface area contributed by atoms with Gasteiger partial charge >= 0.3 is 0 Å². The topological polar surface area (TPSA) is 38.3 Å². The van der Waals surface area contributed by atoms with E-state index in [0.29, 0.717) is 18.7 Å². The van der Waals surface area contributed by atoms with Crippen molar-refractivity contribution in [1.29, 1.82) is 0 Å². The second kappa shape index (κ2) is 9.42. The summed E-state index contributed by atoms with van der Waals surface area (Å²) in [5, 5.41) is 2.95. The van der Waals surface area contributed by atoms with Crippen LogP contribution in [0.2, 0.25) is 0 Å². The van der Waals surface area contributed by atoms with Crippen LogP contribution in [0, 0.1) is 0 Å². The van der Waals surface area contributed by atoms with E-state index in [9.17, 15) is 4.79 Å². The van der Waals surface area contributed by atoms with Gasteiger partial charge in [0.2, 0.25) is 0 Å². The first kappa shape index (κ1) is 17.7. The predicted octanol–water partition coefficient (Wildman–Crippen LogP) is 4.28. The van der Waals surface area contributed by atoms with Crippen LogP contribution in [0.25, 0.3) is 0 Å². The summed E-state index contributed by atoms with van der Waals surface area (Å²) in [7, 11) is 0. The molecule has 0 spiro atoms. The first-order valence-electron chi connectivity index (χ1n) is 8.90. The third kappa shape index (κ3) is 5.49. The Morgan fingerprint density at radius 3 is 1.92 bits per heavy atom. The maximum Gasteiger partial charge on any atom is 0.251 e. The number of carbonyl (C=O) groups is 1. The Balaban J connectivity index is 1.42. The summed E-state index contributed by atoms with van der Waals surface area (Å²) in [5.74, 6) is 0.721. The van der Waals surface area contributed by atoms with E-state index >= 15 is 0 Å². The predicted molar refractivity (Wildman–Crippen MR) is 105 cm³/mol. The Morgan fingerprint density at radius 2 is 1.31 bits per heavy atom. The molecule has 0 heterocycles. The molecule has 0 unspecified atom stereocenters. The first-order chi connectivity index (χ1) is 12.8. The van der Waals surface area contributed by atoms with E-state index in [1.165, 1.54) is 11.1 Å². The molecule has 3 nitrogen and oxygen atoms in total. The maximum atomic E-state index is 12.2. The van der Waals surface area contributed by atoms with Crippen LogP contribution in [0.15, 0.2) is 84.9 Å². The van der Waals surface area contributed by atoms with Gasteiger partial charge in [-0.1, -0.05) is 60.7 Å². The zero-order chi connectivity index (χ0) is 18.0. The van der Waals surface area contributed by atoms with Crippen molar-refractivity contribution >= 4 is 5.91 Å². The van der Waals surface area contributed by atoms with Crippen molar-refractivity contribution < 1.29 is 9.53 Å². The third-order valence-electron chi connectivity index (χ3n) is 4.16. The highest BCUT2D eigenvalue weighted by Crippen LogP contribution is 2.13. The summed E-state index contributed by atoms with van der Waals surface area (Å²) < 4.78 is 5.75. The third-order valence-corrected chi connectivity index (χ3v) is 4.16. The lowest BCUT2D eigenvalue weighted by Crippen LogP contribution is -2.25. The molecule has 3 rings (SSSR count). The quantitative estimate of drug-likeness (QED) is 0.662. The number of hydrogen-bond acceptors (Lipinski definition) is 2. The van der Waals surface area contributed by atoms with Gasteiger partial charge in [-0.25, -0.2) is 0 Å². The van der Waals surface area contributed by atoms with Crippen molar-refractivity contribution in [2.45, 2.75) is 12.8 Å². The van der Waals surface area contributed by atoms with Crippen LogP contribution >= 0.6 is 0 Å². The van der Waals surface area contributed by atoms with Crippen molar-refractivity contribution in [2.24, 2.45) is 0 Å². The molecule has 26 heavy (non-hydrogen) atoms. The molecule has 0 aromatic heterocycles. The molecule has 3 aromatic rings. The van der Waals surface area contributed by atoms with E-state index in [1.54, 1.807) is 12.1 Å². The Labute approximate surface area is 154 Å². The highest BCUT2D eigenvalue weighted by Gasteiger charge is 2.05. The molecule has 0 atom stereocenters. The molecule has 0 aliphatic rings. The van der Waals surface area contributed by atoms with Crippen molar-refractivity contribution in [2.75, 3.05) is 13.2 Å². The molecule has 3 aromatic carbocycles. The molecule has 0 aliphatic heterocycles. The molecular formula is C23H23NO2. The van der Waals surface area contributed by atoms with Crippen LogP contribution in [0.3, 0.4) is 0 Å². The Hall–Kier alpha value is -3.07. The Bertz CT molecular complexity index is 799. The van der Waals surface area contributed by atoms with E-state index in [2.05, 4.69) is 29.6 Å². The molecule has 132 valence electrons. The molecule has 0 saturated carbocycles. The standard InChI is InChI=1S/C23H23NO2/c25-23(24-17-15-19-7-3-1-4-8-19)21-11-13-22(14-12-21)26-18-16-20-9-5-2-6-10-20/h1-14H,15-18H2,(H,24,25). The lowest BCUT2D eigenvalue weighted by atomic mass is 10.1. The van der Waals surface area contributed by atoms with Gasteiger partial charge in [0.05, 0.1) is 6.61 Å². The van der Waals surface area contributed by atoms with Gasteiger partial charge < -0.3 is 10.1 Å². The number of rotatable bonds is 8. The molecular weight excluding hydrogens is 322 g/mol. The average Bonchev–Trinajstić information content (AvgIpc) is 2.70. The van der Waals surface area contributed by atoms with E-state index in [4.69, 9.17) is 4.74 Å². The smallest absolute Gasteiger partial charge is 0.251 e. The van der Waals surface area contributed by atoms with Crippen LogP contribution in [-0.4, -0.2) is 19.1 Å². The number of carbonyl (C=O) groups excluding carboxylic acids is 1. The van der Waals surface area contributed by atoms with Gasteiger partial charge in [-0.15, -0.1) is 0 Å². The highest BCUT2D eigenvalue weighted by atomic mass is 16.5. The molecule has 3 heteroatoms. The average molecular weight is 345 g/mol. The van der Waals surface area contributed by atoms with Crippen LogP contribution in [0.1, 0.15) is 21.5 Å². The molecule has 1 amide bonds. The second-order valence-electron chi connectivity index (χ2n) is 6.10. The zero-order valence-corrected chi connectivity index (χ0v) is 14.7. The minimum Gasteiger partial charge on any atom is -0.493 e. The molecule has 1 N–H and O–H groups in total. The minimum atomic E-state index is -0.0585. The van der Waals surface area contributed by atoms with Crippen molar-refractivity contribution in [3.05, 3.63) is 102 Å². The second-order valence-corrected chi connectivity index (χ2v) is 6.10. The lowest BCUT2D eigenvalue weighted by Gasteiger charge is -2.08. The fraction of sp³-hybridized carbons (Fsp3) is 0.174. The molecule has 0 fully saturated rings. The summed E-state index contributed by atoms with van der Waals surface area (Å²) in [4.78, 5) is 12.2. The van der Waals surface area contributed by atoms with Gasteiger partial charge in [-0.05, 0) is 41.8 Å². The van der Waals surface area contributed by atoms with Gasteiger partial charge in [-0.2, -0.15) is 0 Å². The lowest BCUT2D eigenvalue weighted by molar-refractivity contribution is 0.0954. The SMILES string of the molecule is O=C(NCCc1ccccc1)c1ccc(OCCc2ccccc2)cc1. The zero-order valence-electron chi connectivity index (χ0n) is 14.7. The number of benzene rings is 3. The van der Waals surface area contributed by atoms with Gasteiger partial charge in [-0.3, -0.25) is 4.79 Å². The van der Waals surface area contributed by atoms with Crippen LogP contribution in [-0.2, 0) is 12.8 Å². The Morgan fingerprint density at radius 1 is 0.731 bits per heavy atom. The maximum absolute atomic E-state index is 12.2. The Kier molecular flexibility index (Phi) is 6.43. The summed E-state index contributed by atoms with van der Waals surface area (Å²) in [6.07, 6.45) is 1.69. The van der Waals surface area contributed by atoms with Gasteiger partial charge in [0.1, 0.15) is 5.75 Å². The van der Waals surface area contributed by atoms with Gasteiger partial charge in [0.25, 0.3) is 5.91 Å². The van der Waals surface area contributed by atoms with E-state index in [-0.39, 0.29) is 5.91 Å². The van der Waals surface area contributed by atoms with Crippen molar-refractivity contribution in [3.8, 4) is 5.75 Å². The summed E-state index contributed by atoms with van der Waals surface area (Å²) in [5.41, 5.74) is 3.12. The van der Waals surface area contributed by atoms with E-state index < -0.39 is 0 Å². The molecule has 0 radical (unpaired) electrons. The van der Waals surface area contributed by atoms with Crippen molar-refractivity contribution in [3.63, 3.8) is 0 Å². The fourth-order valence-corrected chi connectivity index (χ4v) is 2.70. The number of amides is 1. The van der Waals surface area contributed by atoms with Crippen LogP contribution < -0.4 is 10.1 Å². The van der Waals surface area contributed by atoms with Gasteiger partial charge in [0, 0.05) is 18.5 Å². The molecule has 0 bridgehead atoms. The molecule has 0 aliphatic carbocycles. The summed E-state index contributed by atoms with van der Waals surface area (Å²) >= 11 is 0. The highest BCUT2D eigenvalue weighted by molar-refractivity contribution is 5.94. The normalized spacial score (nSPS) is 10.3. The minimum absolute atomic E-state index is 0.0585. The number of hydrogen-bond donors (Lipinski definition) is 1. The monoisotopic (exact) mass is 345 g/mol. The largest absolute Gasteiger partial charge is 0.493 e. The van der Waals surface area contributed by atoms with E-state index in [0.717, 1.165) is 18.6 Å². The number of nitrogens with one attached hydrogen (secondary N) is 1. The van der Waals surface area contributed by atoms with Crippen LogP contribution in [0.5, 0.6) is 5.75 Å². The number of ether oxygens (including phenoxy) is 1. The van der Waals surface area contributed by atoms with Crippen LogP contribution in [0.4, 0.5) is 0 Å². The van der Waals surface area contributed by atoms with Gasteiger partial charge in [0.15, 0.2) is 0 Å². The molecule has 0 saturated heterocycles. The van der Waals surface area contributed by atoms with E-state index in [1.807, 2.05) is 48.5 Å². The fourth-order valence-electron chi connectivity index (χ4n) is 2.70. The van der Waals surface area contributed by atoms with Crippen molar-refractivity contribution in [1.82, 2.24) is 5.32 Å². The summed E-state index contributed by atoms with van der Waals surface area (Å²) in [6, 6.07) is 27.7. The summed E-state index contributed by atoms with van der Waals surface area (Å²) in [6.45, 7) is 1.24. The first-order valence-corrected chi connectivity index (χ1v) is 8.90.